The van der Waals surface area contributed by atoms with Crippen molar-refractivity contribution in [3.8, 4) is 0 Å². The fourth-order valence-corrected chi connectivity index (χ4v) is 4.43. The fraction of sp³-hybridized carbons (Fsp3) is 0.364. The summed E-state index contributed by atoms with van der Waals surface area (Å²) >= 11 is 1.36. The number of aromatic nitrogens is 1. The van der Waals surface area contributed by atoms with Gasteiger partial charge in [0.1, 0.15) is 0 Å². The molecule has 92 valence electrons. The molecule has 0 aliphatic rings. The molecule has 0 aliphatic heterocycles. The molecule has 0 radical (unpaired) electrons. The van der Waals surface area contributed by atoms with Crippen LogP contribution in [0.5, 0.6) is 0 Å². The lowest BCUT2D eigenvalue weighted by Crippen LogP contribution is -2.09. The Morgan fingerprint density at radius 2 is 1.88 bits per heavy atom. The highest BCUT2D eigenvalue weighted by atomic mass is 32.1. The summed E-state index contributed by atoms with van der Waals surface area (Å²) < 4.78 is 24.4. The molecule has 0 saturated heterocycles. The Bertz CT molecular complexity index is 511. The first-order valence-electron chi connectivity index (χ1n) is 5.45. The number of thiazole rings is 1. The second kappa shape index (κ2) is 5.27. The van der Waals surface area contributed by atoms with Crippen LogP contribution in [-0.2, 0) is 13.6 Å². The highest BCUT2D eigenvalue weighted by Crippen LogP contribution is 2.48. The van der Waals surface area contributed by atoms with E-state index in [1.165, 1.54) is 11.3 Å². The molecule has 1 heterocycles. The second-order valence-electron chi connectivity index (χ2n) is 3.30. The zero-order valence-corrected chi connectivity index (χ0v) is 11.5. The van der Waals surface area contributed by atoms with Crippen LogP contribution in [0, 0.1) is 0 Å². The summed E-state index contributed by atoms with van der Waals surface area (Å²) in [6.07, 6.45) is 0. The lowest BCUT2D eigenvalue weighted by atomic mass is 10.3. The van der Waals surface area contributed by atoms with Crippen molar-refractivity contribution in [3.05, 3.63) is 24.3 Å². The number of rotatable bonds is 5. The molecular weight excluding hydrogens is 257 g/mol. The van der Waals surface area contributed by atoms with Crippen LogP contribution >= 0.6 is 18.9 Å². The largest absolute Gasteiger partial charge is 0.389 e. The van der Waals surface area contributed by atoms with Gasteiger partial charge in [0.15, 0.2) is 0 Å². The maximum atomic E-state index is 12.5. The molecule has 4 nitrogen and oxygen atoms in total. The molecule has 0 amide bonds. The van der Waals surface area contributed by atoms with Gasteiger partial charge in [-0.15, -0.1) is 11.3 Å². The summed E-state index contributed by atoms with van der Waals surface area (Å²) in [5.41, 5.74) is 0.826. The van der Waals surface area contributed by atoms with Crippen molar-refractivity contribution in [2.45, 2.75) is 13.8 Å². The van der Waals surface area contributed by atoms with Gasteiger partial charge in [0, 0.05) is 0 Å². The Labute approximate surface area is 104 Å². The van der Waals surface area contributed by atoms with E-state index in [4.69, 9.17) is 9.05 Å². The SMILES string of the molecule is CCOP(=O)(OCC)c1nc2ccccc2s1. The Hall–Kier alpha value is -0.740. The van der Waals surface area contributed by atoms with E-state index in [1.807, 2.05) is 24.3 Å². The Morgan fingerprint density at radius 1 is 1.24 bits per heavy atom. The van der Waals surface area contributed by atoms with Crippen LogP contribution in [0.15, 0.2) is 24.3 Å². The van der Waals surface area contributed by atoms with Crippen LogP contribution in [0.3, 0.4) is 0 Å². The van der Waals surface area contributed by atoms with Crippen molar-refractivity contribution in [2.75, 3.05) is 13.2 Å². The molecule has 0 N–H and O–H groups in total. The second-order valence-corrected chi connectivity index (χ2v) is 6.57. The van der Waals surface area contributed by atoms with E-state index >= 15 is 0 Å². The predicted octanol–water partition coefficient (Wildman–Crippen LogP) is 3.19. The third-order valence-electron chi connectivity index (χ3n) is 2.11. The van der Waals surface area contributed by atoms with Gasteiger partial charge in [-0.2, -0.15) is 0 Å². The normalized spacial score (nSPS) is 12.1. The topological polar surface area (TPSA) is 48.4 Å². The van der Waals surface area contributed by atoms with Crippen LogP contribution in [0.2, 0.25) is 0 Å². The standard InChI is InChI=1S/C11H14NO3PS/c1-3-14-16(13,15-4-2)11-12-9-7-5-6-8-10(9)17-11/h5-8H,3-4H2,1-2H3. The summed E-state index contributed by atoms with van der Waals surface area (Å²) in [5, 5.41) is 0. The van der Waals surface area contributed by atoms with Gasteiger partial charge < -0.3 is 9.05 Å². The fourth-order valence-electron chi connectivity index (χ4n) is 1.46. The number of benzene rings is 1. The average molecular weight is 271 g/mol. The maximum Gasteiger partial charge on any atom is 0.389 e. The smallest absolute Gasteiger partial charge is 0.304 e. The summed E-state index contributed by atoms with van der Waals surface area (Å²) in [7, 11) is -3.24. The first-order chi connectivity index (χ1) is 8.19. The van der Waals surface area contributed by atoms with E-state index in [9.17, 15) is 4.57 Å². The van der Waals surface area contributed by atoms with Gasteiger partial charge in [-0.25, -0.2) is 4.98 Å². The minimum atomic E-state index is -3.24. The van der Waals surface area contributed by atoms with E-state index in [2.05, 4.69) is 4.98 Å². The lowest BCUT2D eigenvalue weighted by molar-refractivity contribution is 0.230. The van der Waals surface area contributed by atoms with Gasteiger partial charge >= 0.3 is 7.60 Å². The highest BCUT2D eigenvalue weighted by Gasteiger charge is 2.30. The van der Waals surface area contributed by atoms with Crippen molar-refractivity contribution in [1.29, 1.82) is 0 Å². The highest BCUT2D eigenvalue weighted by molar-refractivity contribution is 7.69. The molecule has 0 aliphatic carbocycles. The average Bonchev–Trinajstić information content (AvgIpc) is 2.74. The molecule has 1 aromatic heterocycles. The quantitative estimate of drug-likeness (QED) is 0.784. The summed E-state index contributed by atoms with van der Waals surface area (Å²) in [6.45, 7) is 4.26. The van der Waals surface area contributed by atoms with E-state index in [-0.39, 0.29) is 0 Å². The van der Waals surface area contributed by atoms with Gasteiger partial charge in [0.2, 0.25) is 4.75 Å². The molecule has 1 aromatic carbocycles. The zero-order valence-electron chi connectivity index (χ0n) is 9.75. The molecule has 2 rings (SSSR count). The van der Waals surface area contributed by atoms with Crippen molar-refractivity contribution < 1.29 is 13.6 Å². The van der Waals surface area contributed by atoms with Gasteiger partial charge in [0.25, 0.3) is 0 Å². The summed E-state index contributed by atoms with van der Waals surface area (Å²) in [4.78, 5) is 4.33. The molecule has 0 saturated carbocycles. The van der Waals surface area contributed by atoms with E-state index < -0.39 is 7.60 Å². The molecule has 2 aromatic rings. The van der Waals surface area contributed by atoms with Gasteiger partial charge in [-0.1, -0.05) is 12.1 Å². The van der Waals surface area contributed by atoms with E-state index in [0.717, 1.165) is 10.2 Å². The van der Waals surface area contributed by atoms with Crippen molar-refractivity contribution in [2.24, 2.45) is 0 Å². The third-order valence-corrected chi connectivity index (χ3v) is 5.66. The Morgan fingerprint density at radius 3 is 2.47 bits per heavy atom. The van der Waals surface area contributed by atoms with Crippen molar-refractivity contribution in [1.82, 2.24) is 4.98 Å². The van der Waals surface area contributed by atoms with Gasteiger partial charge in [0.05, 0.1) is 23.4 Å². The number of hydrogen-bond acceptors (Lipinski definition) is 5. The van der Waals surface area contributed by atoms with Crippen molar-refractivity contribution >= 4 is 33.9 Å². The van der Waals surface area contributed by atoms with Crippen LogP contribution in [-0.4, -0.2) is 18.2 Å². The lowest BCUT2D eigenvalue weighted by Gasteiger charge is -2.13. The van der Waals surface area contributed by atoms with Crippen LogP contribution in [0.25, 0.3) is 10.2 Å². The minimum Gasteiger partial charge on any atom is -0.304 e. The Kier molecular flexibility index (Phi) is 3.94. The van der Waals surface area contributed by atoms with Crippen LogP contribution < -0.4 is 4.75 Å². The van der Waals surface area contributed by atoms with Crippen molar-refractivity contribution in [3.63, 3.8) is 0 Å². The van der Waals surface area contributed by atoms with E-state index in [1.54, 1.807) is 13.8 Å². The zero-order chi connectivity index (χ0) is 12.3. The molecule has 0 bridgehead atoms. The first kappa shape index (κ1) is 12.7. The first-order valence-corrected chi connectivity index (χ1v) is 7.80. The number of fused-ring (bicyclic) bond motifs is 1. The molecule has 0 unspecified atom stereocenters. The minimum absolute atomic E-state index is 0.340. The molecule has 0 atom stereocenters. The number of hydrogen-bond donors (Lipinski definition) is 0. The predicted molar refractivity (Wildman–Crippen MR) is 70.1 cm³/mol. The van der Waals surface area contributed by atoms with Gasteiger partial charge in [-0.05, 0) is 26.0 Å². The molecule has 17 heavy (non-hydrogen) atoms. The third kappa shape index (κ3) is 2.58. The molecular formula is C11H14NO3PS. The van der Waals surface area contributed by atoms with E-state index in [0.29, 0.717) is 18.0 Å². The van der Waals surface area contributed by atoms with Crippen LogP contribution in [0.1, 0.15) is 13.8 Å². The number of nitrogens with zero attached hydrogens (tertiary/aromatic N) is 1. The summed E-state index contributed by atoms with van der Waals surface area (Å²) in [6, 6.07) is 7.66. The molecule has 6 heteroatoms. The van der Waals surface area contributed by atoms with Crippen LogP contribution in [0.4, 0.5) is 0 Å². The number of para-hydroxylation sites is 1. The maximum absolute atomic E-state index is 12.5. The molecule has 0 fully saturated rings. The van der Waals surface area contributed by atoms with Gasteiger partial charge in [-0.3, -0.25) is 4.57 Å². The Balaban J connectivity index is 2.45. The molecule has 0 spiro atoms. The monoisotopic (exact) mass is 271 g/mol. The summed E-state index contributed by atoms with van der Waals surface area (Å²) in [5.74, 6) is 0.